The van der Waals surface area contributed by atoms with E-state index in [0.717, 1.165) is 27.8 Å². The molecule has 2 heterocycles. The van der Waals surface area contributed by atoms with Gasteiger partial charge in [-0.25, -0.2) is 0 Å². The number of fused-ring (bicyclic) bond motifs is 1. The van der Waals surface area contributed by atoms with Gasteiger partial charge >= 0.3 is 0 Å². The molecule has 17 heavy (non-hydrogen) atoms. The summed E-state index contributed by atoms with van der Waals surface area (Å²) in [7, 11) is 3.81. The smallest absolute Gasteiger partial charge is 0.103 e. The molecule has 0 saturated carbocycles. The van der Waals surface area contributed by atoms with Gasteiger partial charge < -0.3 is 5.73 Å². The van der Waals surface area contributed by atoms with E-state index in [1.54, 1.807) is 4.68 Å². The van der Waals surface area contributed by atoms with Crippen LogP contribution in [0.3, 0.4) is 0 Å². The Bertz CT molecular complexity index is 692. The Labute approximate surface area is 98.5 Å². The van der Waals surface area contributed by atoms with Crippen LogP contribution < -0.4 is 5.73 Å². The Morgan fingerprint density at radius 2 is 2.06 bits per heavy atom. The van der Waals surface area contributed by atoms with Crippen molar-refractivity contribution in [3.63, 3.8) is 0 Å². The number of nitrogens with zero attached hydrogens (tertiary/aromatic N) is 4. The van der Waals surface area contributed by atoms with Crippen LogP contribution in [0.2, 0.25) is 0 Å². The maximum atomic E-state index is 5.79. The van der Waals surface area contributed by atoms with Crippen molar-refractivity contribution in [1.82, 2.24) is 19.6 Å². The van der Waals surface area contributed by atoms with Crippen molar-refractivity contribution in [2.45, 2.75) is 0 Å². The number of nitrogens with two attached hydrogens (primary N) is 1. The van der Waals surface area contributed by atoms with E-state index in [-0.39, 0.29) is 0 Å². The average Bonchev–Trinajstić information content (AvgIpc) is 2.84. The molecule has 0 spiro atoms. The number of anilines is 1. The molecule has 86 valence electrons. The fraction of sp³-hybridized carbons (Fsp3) is 0.167. The lowest BCUT2D eigenvalue weighted by Crippen LogP contribution is -1.90. The standard InChI is InChI=1S/C12H13N5/c1-16-7-8(6-14-16)12-10-4-3-9(13)5-11(10)17(2)15-12/h3-7H,13H2,1-2H3. The molecule has 0 bridgehead atoms. The Balaban J connectivity index is 2.31. The highest BCUT2D eigenvalue weighted by Gasteiger charge is 2.11. The number of aromatic nitrogens is 4. The summed E-state index contributed by atoms with van der Waals surface area (Å²) >= 11 is 0. The largest absolute Gasteiger partial charge is 0.399 e. The molecule has 2 aromatic heterocycles. The molecule has 0 amide bonds. The minimum atomic E-state index is 0.748. The summed E-state index contributed by atoms with van der Waals surface area (Å²) in [5.74, 6) is 0. The monoisotopic (exact) mass is 227 g/mol. The summed E-state index contributed by atoms with van der Waals surface area (Å²) in [6, 6.07) is 5.83. The van der Waals surface area contributed by atoms with Gasteiger partial charge in [0, 0.05) is 36.9 Å². The van der Waals surface area contributed by atoms with Crippen molar-refractivity contribution < 1.29 is 0 Å². The quantitative estimate of drug-likeness (QED) is 0.642. The molecule has 5 heteroatoms. The minimum Gasteiger partial charge on any atom is -0.399 e. The van der Waals surface area contributed by atoms with Crippen LogP contribution in [0.15, 0.2) is 30.6 Å². The molecule has 5 nitrogen and oxygen atoms in total. The summed E-state index contributed by atoms with van der Waals surface area (Å²) < 4.78 is 3.61. The van der Waals surface area contributed by atoms with Crippen molar-refractivity contribution in [2.75, 3.05) is 5.73 Å². The molecule has 0 saturated heterocycles. The molecular weight excluding hydrogens is 214 g/mol. The van der Waals surface area contributed by atoms with Crippen molar-refractivity contribution in [1.29, 1.82) is 0 Å². The Morgan fingerprint density at radius 1 is 1.24 bits per heavy atom. The van der Waals surface area contributed by atoms with Gasteiger partial charge in [-0.3, -0.25) is 9.36 Å². The third-order valence-electron chi connectivity index (χ3n) is 2.85. The third-order valence-corrected chi connectivity index (χ3v) is 2.85. The van der Waals surface area contributed by atoms with E-state index >= 15 is 0 Å². The maximum Gasteiger partial charge on any atom is 0.103 e. The van der Waals surface area contributed by atoms with E-state index in [1.807, 2.05) is 49.4 Å². The first kappa shape index (κ1) is 9.89. The van der Waals surface area contributed by atoms with Crippen LogP contribution in [0.4, 0.5) is 5.69 Å². The molecule has 3 rings (SSSR count). The van der Waals surface area contributed by atoms with Crippen LogP contribution in [-0.2, 0) is 14.1 Å². The van der Waals surface area contributed by atoms with E-state index in [2.05, 4.69) is 10.2 Å². The molecule has 0 aliphatic heterocycles. The van der Waals surface area contributed by atoms with Gasteiger partial charge in [-0.15, -0.1) is 0 Å². The first-order valence-electron chi connectivity index (χ1n) is 5.36. The van der Waals surface area contributed by atoms with Crippen LogP contribution in [0.1, 0.15) is 0 Å². The second kappa shape index (κ2) is 3.35. The zero-order valence-corrected chi connectivity index (χ0v) is 9.75. The predicted octanol–water partition coefficient (Wildman–Crippen LogP) is 1.56. The molecular formula is C12H13N5. The fourth-order valence-electron chi connectivity index (χ4n) is 2.03. The van der Waals surface area contributed by atoms with Gasteiger partial charge in [0.25, 0.3) is 0 Å². The summed E-state index contributed by atoms with van der Waals surface area (Å²) in [5, 5.41) is 9.78. The van der Waals surface area contributed by atoms with Gasteiger partial charge in [-0.2, -0.15) is 10.2 Å². The third kappa shape index (κ3) is 1.47. The van der Waals surface area contributed by atoms with Crippen LogP contribution >= 0.6 is 0 Å². The summed E-state index contributed by atoms with van der Waals surface area (Å²) in [6.07, 6.45) is 3.77. The first-order chi connectivity index (χ1) is 8.15. The number of nitrogen functional groups attached to an aromatic ring is 1. The molecule has 0 atom stereocenters. The lowest BCUT2D eigenvalue weighted by atomic mass is 10.1. The SMILES string of the molecule is Cn1cc(-c2nn(C)c3cc(N)ccc23)cn1. The van der Waals surface area contributed by atoms with Gasteiger partial charge in [0.15, 0.2) is 0 Å². The first-order valence-corrected chi connectivity index (χ1v) is 5.36. The van der Waals surface area contributed by atoms with Crippen LogP contribution in [0, 0.1) is 0 Å². The fourth-order valence-corrected chi connectivity index (χ4v) is 2.03. The number of hydrogen-bond acceptors (Lipinski definition) is 3. The average molecular weight is 227 g/mol. The zero-order chi connectivity index (χ0) is 12.0. The number of hydrogen-bond donors (Lipinski definition) is 1. The van der Waals surface area contributed by atoms with Crippen LogP contribution in [0.5, 0.6) is 0 Å². The summed E-state index contributed by atoms with van der Waals surface area (Å²) in [5.41, 5.74) is 9.52. The van der Waals surface area contributed by atoms with E-state index in [9.17, 15) is 0 Å². The second-order valence-electron chi connectivity index (χ2n) is 4.15. The molecule has 3 aromatic rings. The van der Waals surface area contributed by atoms with Gasteiger partial charge in [0.1, 0.15) is 5.69 Å². The molecule has 0 fully saturated rings. The lowest BCUT2D eigenvalue weighted by Gasteiger charge is -1.95. The Hall–Kier alpha value is -2.30. The van der Waals surface area contributed by atoms with E-state index in [4.69, 9.17) is 5.73 Å². The molecule has 0 aliphatic carbocycles. The highest BCUT2D eigenvalue weighted by molar-refractivity contribution is 5.94. The highest BCUT2D eigenvalue weighted by atomic mass is 15.3. The normalized spacial score (nSPS) is 11.2. The molecule has 0 radical (unpaired) electrons. The molecule has 0 unspecified atom stereocenters. The predicted molar refractivity (Wildman–Crippen MR) is 67.3 cm³/mol. The number of benzene rings is 1. The molecule has 1 aromatic carbocycles. The minimum absolute atomic E-state index is 0.748. The van der Waals surface area contributed by atoms with Crippen LogP contribution in [-0.4, -0.2) is 19.6 Å². The van der Waals surface area contributed by atoms with Crippen molar-refractivity contribution in [3.8, 4) is 11.3 Å². The number of aryl methyl sites for hydroxylation is 2. The Morgan fingerprint density at radius 3 is 2.76 bits per heavy atom. The van der Waals surface area contributed by atoms with E-state index < -0.39 is 0 Å². The van der Waals surface area contributed by atoms with Crippen LogP contribution in [0.25, 0.3) is 22.2 Å². The van der Waals surface area contributed by atoms with E-state index in [0.29, 0.717) is 0 Å². The lowest BCUT2D eigenvalue weighted by molar-refractivity contribution is 0.767. The topological polar surface area (TPSA) is 61.7 Å². The van der Waals surface area contributed by atoms with Gasteiger partial charge in [-0.05, 0) is 18.2 Å². The molecule has 0 aliphatic rings. The maximum absolute atomic E-state index is 5.79. The van der Waals surface area contributed by atoms with Crippen molar-refractivity contribution in [2.24, 2.45) is 14.1 Å². The summed E-state index contributed by atoms with van der Waals surface area (Å²) in [4.78, 5) is 0. The Kier molecular flexibility index (Phi) is 1.95. The second-order valence-corrected chi connectivity index (χ2v) is 4.15. The van der Waals surface area contributed by atoms with Crippen molar-refractivity contribution in [3.05, 3.63) is 30.6 Å². The van der Waals surface area contributed by atoms with E-state index in [1.165, 1.54) is 0 Å². The number of rotatable bonds is 1. The van der Waals surface area contributed by atoms with Gasteiger partial charge in [0.2, 0.25) is 0 Å². The van der Waals surface area contributed by atoms with Gasteiger partial charge in [-0.1, -0.05) is 0 Å². The summed E-state index contributed by atoms with van der Waals surface area (Å²) in [6.45, 7) is 0. The van der Waals surface area contributed by atoms with Gasteiger partial charge in [0.05, 0.1) is 11.7 Å². The van der Waals surface area contributed by atoms with Crippen molar-refractivity contribution >= 4 is 16.6 Å². The zero-order valence-electron chi connectivity index (χ0n) is 9.75. The molecule has 2 N–H and O–H groups in total. The highest BCUT2D eigenvalue weighted by Crippen LogP contribution is 2.28.